The van der Waals surface area contributed by atoms with Crippen molar-refractivity contribution in [2.45, 2.75) is 39.2 Å². The second-order valence-electron chi connectivity index (χ2n) is 7.03. The maximum Gasteiger partial charge on any atom is 0.227 e. The Hall–Kier alpha value is -2.82. The average Bonchev–Trinajstić information content (AvgIpc) is 3.08. The van der Waals surface area contributed by atoms with Crippen LogP contribution in [-0.2, 0) is 16.0 Å². The molecule has 1 atom stereocenters. The summed E-state index contributed by atoms with van der Waals surface area (Å²) in [7, 11) is 1.63. The average molecular weight is 366 g/mol. The Balaban J connectivity index is 1.62. The molecule has 1 N–H and O–H groups in total. The third-order valence-corrected chi connectivity index (χ3v) is 4.92. The summed E-state index contributed by atoms with van der Waals surface area (Å²) in [4.78, 5) is 26.1. The third-order valence-electron chi connectivity index (χ3n) is 4.92. The second kappa shape index (κ2) is 8.25. The number of carbonyl (C=O) groups excluding carboxylic acids is 2. The summed E-state index contributed by atoms with van der Waals surface area (Å²) >= 11 is 0. The highest BCUT2D eigenvalue weighted by molar-refractivity contribution is 5.95. The Morgan fingerprint density at radius 1 is 1.22 bits per heavy atom. The molecule has 0 aliphatic carbocycles. The molecule has 1 heterocycles. The third kappa shape index (κ3) is 4.48. The summed E-state index contributed by atoms with van der Waals surface area (Å²) in [6.45, 7) is 4.75. The molecule has 1 fully saturated rings. The van der Waals surface area contributed by atoms with Crippen molar-refractivity contribution < 1.29 is 14.3 Å². The molecule has 1 aliphatic heterocycles. The van der Waals surface area contributed by atoms with E-state index in [1.807, 2.05) is 56.3 Å². The highest BCUT2D eigenvalue weighted by Crippen LogP contribution is 2.26. The Bertz CT molecular complexity index is 830. The fourth-order valence-electron chi connectivity index (χ4n) is 3.46. The largest absolute Gasteiger partial charge is 0.496 e. The van der Waals surface area contributed by atoms with Crippen LogP contribution in [0.5, 0.6) is 5.75 Å². The number of amides is 2. The van der Waals surface area contributed by atoms with Crippen molar-refractivity contribution in [2.75, 3.05) is 18.6 Å². The van der Waals surface area contributed by atoms with Crippen molar-refractivity contribution >= 4 is 17.5 Å². The molecule has 1 aliphatic rings. The van der Waals surface area contributed by atoms with E-state index in [-0.39, 0.29) is 17.9 Å². The number of rotatable bonds is 6. The smallest absolute Gasteiger partial charge is 0.227 e. The highest BCUT2D eigenvalue weighted by Gasteiger charge is 2.21. The Morgan fingerprint density at radius 2 is 1.96 bits per heavy atom. The van der Waals surface area contributed by atoms with Crippen molar-refractivity contribution in [1.29, 1.82) is 0 Å². The van der Waals surface area contributed by atoms with Gasteiger partial charge in [-0.25, -0.2) is 0 Å². The minimum Gasteiger partial charge on any atom is -0.496 e. The van der Waals surface area contributed by atoms with Gasteiger partial charge in [-0.1, -0.05) is 29.8 Å². The lowest BCUT2D eigenvalue weighted by Gasteiger charge is -2.18. The molecule has 5 heteroatoms. The van der Waals surface area contributed by atoms with Gasteiger partial charge in [0, 0.05) is 24.2 Å². The minimum atomic E-state index is -0.145. The summed E-state index contributed by atoms with van der Waals surface area (Å²) in [6, 6.07) is 13.5. The van der Waals surface area contributed by atoms with E-state index in [1.54, 1.807) is 12.0 Å². The molecule has 2 aromatic carbocycles. The molecule has 142 valence electrons. The van der Waals surface area contributed by atoms with Crippen LogP contribution in [0, 0.1) is 6.92 Å². The molecule has 0 unspecified atom stereocenters. The molecular weight excluding hydrogens is 340 g/mol. The van der Waals surface area contributed by atoms with Crippen molar-refractivity contribution in [3.8, 4) is 5.75 Å². The number of anilines is 1. The van der Waals surface area contributed by atoms with Gasteiger partial charge in [-0.15, -0.1) is 0 Å². The lowest BCUT2D eigenvalue weighted by Crippen LogP contribution is -2.28. The van der Waals surface area contributed by atoms with Crippen molar-refractivity contribution in [1.82, 2.24) is 5.32 Å². The molecule has 2 amide bonds. The first-order valence-corrected chi connectivity index (χ1v) is 9.31. The van der Waals surface area contributed by atoms with Crippen LogP contribution in [0.2, 0.25) is 0 Å². The van der Waals surface area contributed by atoms with E-state index in [4.69, 9.17) is 4.74 Å². The van der Waals surface area contributed by atoms with Crippen LogP contribution in [0.25, 0.3) is 0 Å². The molecule has 27 heavy (non-hydrogen) atoms. The van der Waals surface area contributed by atoms with Crippen LogP contribution in [0.1, 0.15) is 42.5 Å². The van der Waals surface area contributed by atoms with Gasteiger partial charge >= 0.3 is 0 Å². The van der Waals surface area contributed by atoms with Gasteiger partial charge in [-0.3, -0.25) is 9.59 Å². The fourth-order valence-corrected chi connectivity index (χ4v) is 3.46. The van der Waals surface area contributed by atoms with E-state index in [2.05, 4.69) is 5.32 Å². The number of hydrogen-bond donors (Lipinski definition) is 1. The Labute approximate surface area is 160 Å². The topological polar surface area (TPSA) is 58.6 Å². The second-order valence-corrected chi connectivity index (χ2v) is 7.03. The molecule has 0 aromatic heterocycles. The fraction of sp³-hybridized carbons (Fsp3) is 0.364. The number of methoxy groups -OCH3 is 1. The van der Waals surface area contributed by atoms with Crippen LogP contribution < -0.4 is 15.0 Å². The predicted octanol–water partition coefficient (Wildman–Crippen LogP) is 3.55. The van der Waals surface area contributed by atoms with Gasteiger partial charge in [-0.05, 0) is 44.0 Å². The van der Waals surface area contributed by atoms with Gasteiger partial charge in [0.15, 0.2) is 0 Å². The first-order chi connectivity index (χ1) is 13.0. The molecular formula is C22H26N2O3. The van der Waals surface area contributed by atoms with Crippen LogP contribution in [0.15, 0.2) is 42.5 Å². The number of benzene rings is 2. The van der Waals surface area contributed by atoms with Gasteiger partial charge in [0.05, 0.1) is 19.6 Å². The van der Waals surface area contributed by atoms with Crippen LogP contribution in [0.3, 0.4) is 0 Å². The number of ether oxygens (including phenoxy) is 1. The van der Waals surface area contributed by atoms with E-state index in [1.165, 1.54) is 0 Å². The van der Waals surface area contributed by atoms with Crippen LogP contribution in [0.4, 0.5) is 5.69 Å². The number of carbonyl (C=O) groups is 2. The molecule has 0 spiro atoms. The molecule has 2 aromatic rings. The Morgan fingerprint density at radius 3 is 2.59 bits per heavy atom. The summed E-state index contributed by atoms with van der Waals surface area (Å²) in [5.74, 6) is 0.894. The van der Waals surface area contributed by atoms with Crippen LogP contribution in [-0.4, -0.2) is 25.5 Å². The minimum absolute atomic E-state index is 0.0453. The molecule has 0 bridgehead atoms. The zero-order chi connectivity index (χ0) is 19.4. The van der Waals surface area contributed by atoms with E-state index in [0.717, 1.165) is 41.1 Å². The molecule has 3 rings (SSSR count). The number of nitrogens with one attached hydrogen (secondary N) is 1. The van der Waals surface area contributed by atoms with E-state index >= 15 is 0 Å². The van der Waals surface area contributed by atoms with E-state index < -0.39 is 0 Å². The maximum atomic E-state index is 12.5. The first kappa shape index (κ1) is 19.0. The predicted molar refractivity (Wildman–Crippen MR) is 106 cm³/mol. The number of nitrogens with zero attached hydrogens (tertiary/aromatic N) is 1. The van der Waals surface area contributed by atoms with Gasteiger partial charge < -0.3 is 15.0 Å². The van der Waals surface area contributed by atoms with E-state index in [0.29, 0.717) is 12.8 Å². The normalized spacial score (nSPS) is 14.9. The Kier molecular flexibility index (Phi) is 5.79. The lowest BCUT2D eigenvalue weighted by atomic mass is 10.0. The quantitative estimate of drug-likeness (QED) is 0.851. The maximum absolute atomic E-state index is 12.5. The molecule has 0 saturated carbocycles. The van der Waals surface area contributed by atoms with Gasteiger partial charge in [0.25, 0.3) is 0 Å². The highest BCUT2D eigenvalue weighted by atomic mass is 16.5. The van der Waals surface area contributed by atoms with Gasteiger partial charge in [0.2, 0.25) is 11.8 Å². The summed E-state index contributed by atoms with van der Waals surface area (Å²) < 4.78 is 5.41. The van der Waals surface area contributed by atoms with E-state index in [9.17, 15) is 9.59 Å². The zero-order valence-electron chi connectivity index (χ0n) is 16.1. The van der Waals surface area contributed by atoms with Crippen molar-refractivity contribution in [2.24, 2.45) is 0 Å². The monoisotopic (exact) mass is 366 g/mol. The molecule has 0 radical (unpaired) electrons. The standard InChI is InChI=1S/C22H26N2O3/c1-15-6-11-20(27-3)19(13-15)16(2)23-21(25)14-17-7-9-18(10-8-17)24-12-4-5-22(24)26/h6-11,13,16H,4-5,12,14H2,1-3H3,(H,23,25)/t16-/m1/s1. The summed E-state index contributed by atoms with van der Waals surface area (Å²) in [5.41, 5.74) is 3.92. The number of aryl methyl sites for hydroxylation is 1. The summed E-state index contributed by atoms with van der Waals surface area (Å²) in [5, 5.41) is 3.04. The van der Waals surface area contributed by atoms with Gasteiger partial charge in [0.1, 0.15) is 5.75 Å². The SMILES string of the molecule is COc1ccc(C)cc1[C@@H](C)NC(=O)Cc1ccc(N2CCCC2=O)cc1. The van der Waals surface area contributed by atoms with Gasteiger partial charge in [-0.2, -0.15) is 0 Å². The van der Waals surface area contributed by atoms with Crippen LogP contribution >= 0.6 is 0 Å². The van der Waals surface area contributed by atoms with Crippen molar-refractivity contribution in [3.05, 3.63) is 59.2 Å². The zero-order valence-corrected chi connectivity index (χ0v) is 16.1. The van der Waals surface area contributed by atoms with Crippen molar-refractivity contribution in [3.63, 3.8) is 0 Å². The molecule has 5 nitrogen and oxygen atoms in total. The lowest BCUT2D eigenvalue weighted by molar-refractivity contribution is -0.121. The molecule has 1 saturated heterocycles. The first-order valence-electron chi connectivity index (χ1n) is 9.31. The number of hydrogen-bond acceptors (Lipinski definition) is 3. The summed E-state index contributed by atoms with van der Waals surface area (Å²) in [6.07, 6.45) is 1.82.